The number of nitrogens with one attached hydrogen (secondary N) is 2. The first-order valence-corrected chi connectivity index (χ1v) is 8.70. The second-order valence-electron chi connectivity index (χ2n) is 6.43. The minimum Gasteiger partial charge on any atom is -0.495 e. The lowest BCUT2D eigenvalue weighted by molar-refractivity contribution is 0.102. The maximum absolute atomic E-state index is 12.4. The highest BCUT2D eigenvalue weighted by molar-refractivity contribution is 6.04. The van der Waals surface area contributed by atoms with Crippen LogP contribution in [0.4, 0.5) is 11.6 Å². The lowest BCUT2D eigenvalue weighted by Gasteiger charge is -2.22. The number of ether oxygens (including phenoxy) is 1. The van der Waals surface area contributed by atoms with Crippen LogP contribution in [0.3, 0.4) is 0 Å². The number of aryl methyl sites for hydroxylation is 1. The molecule has 0 atom stereocenters. The zero-order chi connectivity index (χ0) is 17.6. The normalized spacial score (nSPS) is 14.8. The Morgan fingerprint density at radius 1 is 1.16 bits per heavy atom. The van der Waals surface area contributed by atoms with Crippen LogP contribution in [-0.4, -0.2) is 29.0 Å². The highest BCUT2D eigenvalue weighted by atomic mass is 16.5. The number of methoxy groups -OCH3 is 1. The van der Waals surface area contributed by atoms with Crippen molar-refractivity contribution in [3.05, 3.63) is 41.7 Å². The maximum atomic E-state index is 12.4. The van der Waals surface area contributed by atoms with E-state index < -0.39 is 0 Å². The molecule has 3 rings (SSSR count). The first kappa shape index (κ1) is 17.2. The molecule has 2 aromatic rings. The van der Waals surface area contributed by atoms with Gasteiger partial charge in [-0.3, -0.25) is 4.79 Å². The molecule has 1 aliphatic carbocycles. The molecule has 25 heavy (non-hydrogen) atoms. The van der Waals surface area contributed by atoms with Gasteiger partial charge in [-0.25, -0.2) is 9.97 Å². The minimum absolute atomic E-state index is 0.256. The number of amides is 1. The van der Waals surface area contributed by atoms with Gasteiger partial charge >= 0.3 is 0 Å². The van der Waals surface area contributed by atoms with Crippen molar-refractivity contribution in [2.75, 3.05) is 17.7 Å². The largest absolute Gasteiger partial charge is 0.495 e. The summed E-state index contributed by atoms with van der Waals surface area (Å²) in [5, 5.41) is 6.20. The van der Waals surface area contributed by atoms with Crippen molar-refractivity contribution in [2.45, 2.75) is 45.1 Å². The van der Waals surface area contributed by atoms with Gasteiger partial charge in [0.15, 0.2) is 0 Å². The summed E-state index contributed by atoms with van der Waals surface area (Å²) in [6.07, 6.45) is 9.20. The second-order valence-corrected chi connectivity index (χ2v) is 6.43. The Morgan fingerprint density at radius 2 is 1.88 bits per heavy atom. The zero-order valence-electron chi connectivity index (χ0n) is 14.7. The van der Waals surface area contributed by atoms with Crippen molar-refractivity contribution in [1.82, 2.24) is 9.97 Å². The molecule has 1 aliphatic rings. The summed E-state index contributed by atoms with van der Waals surface area (Å²) < 4.78 is 5.28. The number of carbonyl (C=O) groups excluding carboxylic acids is 1. The van der Waals surface area contributed by atoms with Crippen molar-refractivity contribution in [1.29, 1.82) is 0 Å². The second kappa shape index (κ2) is 7.96. The van der Waals surface area contributed by atoms with Gasteiger partial charge in [-0.2, -0.15) is 0 Å². The first-order chi connectivity index (χ1) is 12.2. The van der Waals surface area contributed by atoms with Crippen LogP contribution in [0.5, 0.6) is 5.75 Å². The summed E-state index contributed by atoms with van der Waals surface area (Å²) in [6.45, 7) is 1.96. The Labute approximate surface area is 148 Å². The van der Waals surface area contributed by atoms with Gasteiger partial charge < -0.3 is 15.4 Å². The summed E-state index contributed by atoms with van der Waals surface area (Å²) in [7, 11) is 1.58. The van der Waals surface area contributed by atoms with Crippen LogP contribution in [0, 0.1) is 6.92 Å². The summed E-state index contributed by atoms with van der Waals surface area (Å²) >= 11 is 0. The quantitative estimate of drug-likeness (QED) is 0.866. The molecule has 1 aromatic carbocycles. The first-order valence-electron chi connectivity index (χ1n) is 8.70. The van der Waals surface area contributed by atoms with Gasteiger partial charge in [0.25, 0.3) is 5.91 Å². The topological polar surface area (TPSA) is 76.1 Å². The molecule has 132 valence electrons. The van der Waals surface area contributed by atoms with Crippen molar-refractivity contribution in [3.8, 4) is 5.75 Å². The fourth-order valence-corrected chi connectivity index (χ4v) is 3.06. The third kappa shape index (κ3) is 4.47. The van der Waals surface area contributed by atoms with Crippen LogP contribution >= 0.6 is 0 Å². The van der Waals surface area contributed by atoms with E-state index in [2.05, 4.69) is 20.6 Å². The summed E-state index contributed by atoms with van der Waals surface area (Å²) in [6, 6.07) is 6.07. The lowest BCUT2D eigenvalue weighted by Crippen LogP contribution is -2.23. The fourth-order valence-electron chi connectivity index (χ4n) is 3.06. The Balaban J connectivity index is 1.65. The number of rotatable bonds is 5. The molecule has 0 bridgehead atoms. The molecular weight excluding hydrogens is 316 g/mol. The lowest BCUT2D eigenvalue weighted by atomic mass is 9.96. The number of anilines is 2. The van der Waals surface area contributed by atoms with Gasteiger partial charge in [0.1, 0.15) is 5.75 Å². The predicted octanol–water partition coefficient (Wildman–Crippen LogP) is 3.79. The average molecular weight is 340 g/mol. The van der Waals surface area contributed by atoms with Crippen LogP contribution in [0.2, 0.25) is 0 Å². The van der Waals surface area contributed by atoms with Crippen LogP contribution in [0.1, 0.15) is 48.0 Å². The molecule has 0 unspecified atom stereocenters. The van der Waals surface area contributed by atoms with E-state index in [-0.39, 0.29) is 5.91 Å². The molecule has 1 saturated carbocycles. The Kier molecular flexibility index (Phi) is 5.48. The molecule has 1 fully saturated rings. The molecule has 0 saturated heterocycles. The predicted molar refractivity (Wildman–Crippen MR) is 98.2 cm³/mol. The molecule has 1 amide bonds. The minimum atomic E-state index is -0.256. The number of aromatic nitrogens is 2. The van der Waals surface area contributed by atoms with E-state index in [1.54, 1.807) is 19.5 Å². The van der Waals surface area contributed by atoms with E-state index in [0.29, 0.717) is 29.0 Å². The number of nitrogens with zero attached hydrogens (tertiary/aromatic N) is 2. The summed E-state index contributed by atoms with van der Waals surface area (Å²) in [5.41, 5.74) is 2.09. The molecule has 2 N–H and O–H groups in total. The van der Waals surface area contributed by atoms with Crippen molar-refractivity contribution >= 4 is 17.5 Å². The highest BCUT2D eigenvalue weighted by Gasteiger charge is 2.15. The van der Waals surface area contributed by atoms with Gasteiger partial charge in [0.05, 0.1) is 18.4 Å². The third-order valence-electron chi connectivity index (χ3n) is 4.46. The van der Waals surface area contributed by atoms with E-state index in [4.69, 9.17) is 4.74 Å². The molecule has 0 spiro atoms. The Morgan fingerprint density at radius 3 is 2.56 bits per heavy atom. The standard InChI is InChI=1S/C19H24N4O2/c1-13-8-9-17(25-2)16(10-13)23-18(24)14-11-20-19(21-12-14)22-15-6-4-3-5-7-15/h8-12,15H,3-7H2,1-2H3,(H,23,24)(H,20,21,22). The van der Waals surface area contributed by atoms with E-state index in [1.165, 1.54) is 19.3 Å². The van der Waals surface area contributed by atoms with E-state index in [1.807, 2.05) is 25.1 Å². The Hall–Kier alpha value is -2.63. The van der Waals surface area contributed by atoms with Gasteiger partial charge in [-0.1, -0.05) is 25.3 Å². The smallest absolute Gasteiger partial charge is 0.258 e. The zero-order valence-corrected chi connectivity index (χ0v) is 14.7. The maximum Gasteiger partial charge on any atom is 0.258 e. The van der Waals surface area contributed by atoms with E-state index >= 15 is 0 Å². The summed E-state index contributed by atoms with van der Waals surface area (Å²) in [5.74, 6) is 0.945. The fraction of sp³-hybridized carbons (Fsp3) is 0.421. The molecule has 6 heteroatoms. The van der Waals surface area contributed by atoms with E-state index in [0.717, 1.165) is 18.4 Å². The molecular formula is C19H24N4O2. The SMILES string of the molecule is COc1ccc(C)cc1NC(=O)c1cnc(NC2CCCCC2)nc1. The van der Waals surface area contributed by atoms with Crippen molar-refractivity contribution in [3.63, 3.8) is 0 Å². The van der Waals surface area contributed by atoms with Crippen LogP contribution in [0.15, 0.2) is 30.6 Å². The highest BCUT2D eigenvalue weighted by Crippen LogP contribution is 2.25. The van der Waals surface area contributed by atoms with Crippen LogP contribution in [0.25, 0.3) is 0 Å². The van der Waals surface area contributed by atoms with Crippen molar-refractivity contribution in [2.24, 2.45) is 0 Å². The molecule has 0 aliphatic heterocycles. The van der Waals surface area contributed by atoms with Crippen LogP contribution < -0.4 is 15.4 Å². The molecule has 1 aromatic heterocycles. The van der Waals surface area contributed by atoms with Gasteiger partial charge in [-0.05, 0) is 37.5 Å². The third-order valence-corrected chi connectivity index (χ3v) is 4.46. The van der Waals surface area contributed by atoms with Gasteiger partial charge in [0.2, 0.25) is 5.95 Å². The average Bonchev–Trinajstić information content (AvgIpc) is 2.63. The monoisotopic (exact) mass is 340 g/mol. The molecule has 6 nitrogen and oxygen atoms in total. The van der Waals surface area contributed by atoms with Gasteiger partial charge in [-0.15, -0.1) is 0 Å². The summed E-state index contributed by atoms with van der Waals surface area (Å²) in [4.78, 5) is 21.0. The van der Waals surface area contributed by atoms with Gasteiger partial charge in [0, 0.05) is 18.4 Å². The number of benzene rings is 1. The van der Waals surface area contributed by atoms with Crippen LogP contribution in [-0.2, 0) is 0 Å². The number of hydrogen-bond acceptors (Lipinski definition) is 5. The molecule has 1 heterocycles. The Bertz CT molecular complexity index is 725. The molecule has 0 radical (unpaired) electrons. The van der Waals surface area contributed by atoms with Crippen molar-refractivity contribution < 1.29 is 9.53 Å². The van der Waals surface area contributed by atoms with E-state index in [9.17, 15) is 4.79 Å². The number of hydrogen-bond donors (Lipinski definition) is 2. The number of carbonyl (C=O) groups is 1.